The molecular formula is C27H31F3N4OS. The molecule has 2 aromatic heterocycles. The third kappa shape index (κ3) is 4.82. The van der Waals surface area contributed by atoms with Crippen LogP contribution in [0.5, 0.6) is 0 Å². The number of anilines is 1. The smallest absolute Gasteiger partial charge is 0.352 e. The van der Waals surface area contributed by atoms with Gasteiger partial charge in [-0.15, -0.1) is 11.3 Å². The van der Waals surface area contributed by atoms with Crippen LogP contribution in [0.15, 0.2) is 24.3 Å². The van der Waals surface area contributed by atoms with Crippen molar-refractivity contribution in [1.82, 2.24) is 14.9 Å². The molecule has 192 valence electrons. The molecule has 0 spiro atoms. The lowest BCUT2D eigenvalue weighted by Gasteiger charge is -2.36. The maximum Gasteiger partial charge on any atom is 0.416 e. The van der Waals surface area contributed by atoms with Gasteiger partial charge in [0, 0.05) is 42.5 Å². The highest BCUT2D eigenvalue weighted by Gasteiger charge is 2.31. The maximum absolute atomic E-state index is 13.0. The van der Waals surface area contributed by atoms with E-state index in [1.807, 2.05) is 11.3 Å². The minimum atomic E-state index is -4.41. The van der Waals surface area contributed by atoms with Crippen LogP contribution in [0.25, 0.3) is 10.2 Å². The molecule has 0 N–H and O–H groups in total. The fourth-order valence-corrected chi connectivity index (χ4v) is 6.33. The van der Waals surface area contributed by atoms with E-state index in [2.05, 4.69) is 18.7 Å². The third-order valence-corrected chi connectivity index (χ3v) is 8.63. The SMILES string of the molecule is CC[C@H](C)c1nc(N2CCN(C(=O)c3ccc(C(F)(F)F)cc3)CC2)c2c3c(sc2n1)CCCCC3. The largest absolute Gasteiger partial charge is 0.416 e. The first-order valence-electron chi connectivity index (χ1n) is 12.8. The number of thiophene rings is 1. The second-order valence-electron chi connectivity index (χ2n) is 9.81. The lowest BCUT2D eigenvalue weighted by Crippen LogP contribution is -2.49. The van der Waals surface area contributed by atoms with Crippen LogP contribution < -0.4 is 4.90 Å². The summed E-state index contributed by atoms with van der Waals surface area (Å²) < 4.78 is 38.7. The van der Waals surface area contributed by atoms with E-state index in [4.69, 9.17) is 9.97 Å². The summed E-state index contributed by atoms with van der Waals surface area (Å²) in [6.07, 6.45) is 2.35. The summed E-state index contributed by atoms with van der Waals surface area (Å²) in [5.41, 5.74) is 0.938. The van der Waals surface area contributed by atoms with Gasteiger partial charge in [0.1, 0.15) is 16.5 Å². The fraction of sp³-hybridized carbons (Fsp3) is 0.519. The number of amides is 1. The van der Waals surface area contributed by atoms with Crippen molar-refractivity contribution in [2.24, 2.45) is 0 Å². The lowest BCUT2D eigenvalue weighted by atomic mass is 10.1. The molecule has 0 bridgehead atoms. The van der Waals surface area contributed by atoms with Crippen molar-refractivity contribution < 1.29 is 18.0 Å². The van der Waals surface area contributed by atoms with Crippen molar-refractivity contribution in [2.75, 3.05) is 31.1 Å². The van der Waals surface area contributed by atoms with Crippen molar-refractivity contribution in [2.45, 2.75) is 64.5 Å². The van der Waals surface area contributed by atoms with Crippen molar-refractivity contribution in [3.05, 3.63) is 51.7 Å². The van der Waals surface area contributed by atoms with Gasteiger partial charge in [0.2, 0.25) is 0 Å². The first-order chi connectivity index (χ1) is 17.3. The zero-order valence-electron chi connectivity index (χ0n) is 20.7. The second kappa shape index (κ2) is 10.00. The zero-order valence-corrected chi connectivity index (χ0v) is 21.5. The molecule has 1 atom stereocenters. The molecule has 3 heterocycles. The Kier molecular flexibility index (Phi) is 6.94. The molecule has 1 amide bonds. The molecule has 36 heavy (non-hydrogen) atoms. The van der Waals surface area contributed by atoms with Gasteiger partial charge >= 0.3 is 6.18 Å². The van der Waals surface area contributed by atoms with Gasteiger partial charge in [-0.2, -0.15) is 13.2 Å². The Morgan fingerprint density at radius 3 is 2.39 bits per heavy atom. The van der Waals surface area contributed by atoms with Crippen LogP contribution in [0, 0.1) is 0 Å². The number of halogens is 3. The number of hydrogen-bond acceptors (Lipinski definition) is 5. The molecule has 9 heteroatoms. The highest BCUT2D eigenvalue weighted by molar-refractivity contribution is 7.19. The van der Waals surface area contributed by atoms with Crippen molar-refractivity contribution in [3.8, 4) is 0 Å². The second-order valence-corrected chi connectivity index (χ2v) is 10.9. The molecule has 5 nitrogen and oxygen atoms in total. The average molecular weight is 517 g/mol. The first-order valence-corrected chi connectivity index (χ1v) is 13.6. The van der Waals surface area contributed by atoms with Crippen LogP contribution in [-0.4, -0.2) is 47.0 Å². The van der Waals surface area contributed by atoms with Gasteiger partial charge in [-0.25, -0.2) is 9.97 Å². The summed E-state index contributed by atoms with van der Waals surface area (Å²) in [7, 11) is 0. The van der Waals surface area contributed by atoms with Gasteiger partial charge < -0.3 is 9.80 Å². The number of benzene rings is 1. The van der Waals surface area contributed by atoms with Gasteiger partial charge in [-0.1, -0.05) is 20.3 Å². The molecule has 0 saturated carbocycles. The summed E-state index contributed by atoms with van der Waals surface area (Å²) >= 11 is 1.82. The molecule has 3 aromatic rings. The Labute approximate surface area is 213 Å². The minimum Gasteiger partial charge on any atom is -0.352 e. The highest BCUT2D eigenvalue weighted by Crippen LogP contribution is 2.40. The quantitative estimate of drug-likeness (QED) is 0.374. The molecular weight excluding hydrogens is 485 g/mol. The topological polar surface area (TPSA) is 49.3 Å². The first kappa shape index (κ1) is 25.0. The van der Waals surface area contributed by atoms with Gasteiger partial charge in [0.25, 0.3) is 5.91 Å². The summed E-state index contributed by atoms with van der Waals surface area (Å²) in [5.74, 6) is 1.88. The van der Waals surface area contributed by atoms with Gasteiger partial charge in [0.05, 0.1) is 10.9 Å². The van der Waals surface area contributed by atoms with Crippen LogP contribution in [-0.2, 0) is 19.0 Å². The normalized spacial score (nSPS) is 17.7. The minimum absolute atomic E-state index is 0.235. The van der Waals surface area contributed by atoms with E-state index in [-0.39, 0.29) is 17.4 Å². The number of alkyl halides is 3. The Hall–Kier alpha value is -2.68. The van der Waals surface area contributed by atoms with E-state index < -0.39 is 11.7 Å². The molecule has 0 unspecified atom stereocenters. The van der Waals surface area contributed by atoms with E-state index >= 15 is 0 Å². The molecule has 1 aromatic carbocycles. The fourth-order valence-electron chi connectivity index (χ4n) is 5.07. The van der Waals surface area contributed by atoms with Crippen LogP contribution >= 0.6 is 11.3 Å². The number of piperazine rings is 1. The number of rotatable bonds is 4. The van der Waals surface area contributed by atoms with E-state index in [9.17, 15) is 18.0 Å². The van der Waals surface area contributed by atoms with Crippen LogP contribution in [0.1, 0.15) is 77.6 Å². The van der Waals surface area contributed by atoms with E-state index in [1.54, 1.807) is 4.90 Å². The van der Waals surface area contributed by atoms with E-state index in [0.717, 1.165) is 47.9 Å². The maximum atomic E-state index is 13.0. The molecule has 1 fully saturated rings. The molecule has 5 rings (SSSR count). The summed E-state index contributed by atoms with van der Waals surface area (Å²) in [6.45, 7) is 6.55. The van der Waals surface area contributed by atoms with E-state index in [0.29, 0.717) is 26.2 Å². The summed E-state index contributed by atoms with van der Waals surface area (Å²) in [6, 6.07) is 4.48. The number of nitrogens with zero attached hydrogens (tertiary/aromatic N) is 4. The lowest BCUT2D eigenvalue weighted by molar-refractivity contribution is -0.137. The monoisotopic (exact) mass is 516 g/mol. The number of carbonyl (C=O) groups excluding carboxylic acids is 1. The molecule has 1 aliphatic heterocycles. The molecule has 2 aliphatic rings. The van der Waals surface area contributed by atoms with Gasteiger partial charge in [-0.3, -0.25) is 4.79 Å². The van der Waals surface area contributed by atoms with Gasteiger partial charge in [-0.05, 0) is 61.9 Å². The zero-order chi connectivity index (χ0) is 25.4. The standard InChI is InChI=1S/C27H31F3N4OS/c1-3-17(2)23-31-24(22-20-7-5-4-6-8-21(20)36-25(22)32-23)33-13-15-34(16-14-33)26(35)18-9-11-19(12-10-18)27(28,29)30/h9-12,17H,3-8,13-16H2,1-2H3/t17-/m0/s1. The van der Waals surface area contributed by atoms with Crippen LogP contribution in [0.2, 0.25) is 0 Å². The number of carbonyl (C=O) groups is 1. The molecule has 0 radical (unpaired) electrons. The molecule has 1 aliphatic carbocycles. The van der Waals surface area contributed by atoms with Crippen molar-refractivity contribution in [1.29, 1.82) is 0 Å². The Balaban J connectivity index is 1.39. The van der Waals surface area contributed by atoms with Crippen molar-refractivity contribution >= 4 is 33.3 Å². The number of aryl methyl sites for hydroxylation is 2. The average Bonchev–Trinajstić information content (AvgIpc) is 3.07. The Morgan fingerprint density at radius 1 is 1.03 bits per heavy atom. The van der Waals surface area contributed by atoms with Crippen LogP contribution in [0.4, 0.5) is 19.0 Å². The number of aromatic nitrogens is 2. The third-order valence-electron chi connectivity index (χ3n) is 7.44. The Bertz CT molecular complexity index is 1250. The van der Waals surface area contributed by atoms with Crippen LogP contribution in [0.3, 0.4) is 0 Å². The van der Waals surface area contributed by atoms with Gasteiger partial charge in [0.15, 0.2) is 0 Å². The number of fused-ring (bicyclic) bond motifs is 3. The predicted molar refractivity (Wildman–Crippen MR) is 137 cm³/mol. The number of hydrogen-bond donors (Lipinski definition) is 0. The van der Waals surface area contributed by atoms with Crippen molar-refractivity contribution in [3.63, 3.8) is 0 Å². The Morgan fingerprint density at radius 2 is 1.72 bits per heavy atom. The van der Waals surface area contributed by atoms with E-state index in [1.165, 1.54) is 47.2 Å². The summed E-state index contributed by atoms with van der Waals surface area (Å²) in [5, 5.41) is 1.19. The highest BCUT2D eigenvalue weighted by atomic mass is 32.1. The predicted octanol–water partition coefficient (Wildman–Crippen LogP) is 6.45. The summed E-state index contributed by atoms with van der Waals surface area (Å²) in [4.78, 5) is 29.6. The molecule has 1 saturated heterocycles.